The molecule has 1 aliphatic heterocycles. The molecule has 1 fully saturated rings. The van der Waals surface area contributed by atoms with Crippen LogP contribution in [-0.2, 0) is 4.74 Å². The second kappa shape index (κ2) is 3.00. The third-order valence-electron chi connectivity index (χ3n) is 2.38. The molecule has 2 heterocycles. The average molecular weight is 178 g/mol. The van der Waals surface area contributed by atoms with Crippen molar-refractivity contribution in [2.45, 2.75) is 19.6 Å². The fourth-order valence-corrected chi connectivity index (χ4v) is 1.69. The Balaban J connectivity index is 2.27. The first-order valence-corrected chi connectivity index (χ1v) is 4.52. The molecule has 0 bridgehead atoms. The first-order chi connectivity index (χ1) is 6.20. The van der Waals surface area contributed by atoms with Crippen LogP contribution < -0.4 is 4.90 Å². The summed E-state index contributed by atoms with van der Waals surface area (Å²) in [7, 11) is 0. The first-order valence-electron chi connectivity index (χ1n) is 4.52. The summed E-state index contributed by atoms with van der Waals surface area (Å²) >= 11 is 0. The van der Waals surface area contributed by atoms with Gasteiger partial charge in [0.2, 0.25) is 0 Å². The van der Waals surface area contributed by atoms with E-state index in [1.165, 1.54) is 0 Å². The molecule has 0 N–H and O–H groups in total. The van der Waals surface area contributed by atoms with E-state index in [0.29, 0.717) is 0 Å². The van der Waals surface area contributed by atoms with Crippen molar-refractivity contribution >= 4 is 5.69 Å². The van der Waals surface area contributed by atoms with Gasteiger partial charge in [-0.1, -0.05) is 0 Å². The third-order valence-corrected chi connectivity index (χ3v) is 2.38. The highest BCUT2D eigenvalue weighted by Crippen LogP contribution is 2.27. The molecule has 0 amide bonds. The quantitative estimate of drug-likeness (QED) is 0.654. The van der Waals surface area contributed by atoms with Gasteiger partial charge in [-0.15, -0.1) is 0 Å². The number of ether oxygens (including phenoxy) is 1. The van der Waals surface area contributed by atoms with Gasteiger partial charge in [-0.25, -0.2) is 0 Å². The molecule has 1 saturated heterocycles. The Labute approximate surface area is 78.3 Å². The van der Waals surface area contributed by atoms with Gasteiger partial charge in [0.05, 0.1) is 18.5 Å². The van der Waals surface area contributed by atoms with Gasteiger partial charge in [0, 0.05) is 12.7 Å². The van der Waals surface area contributed by atoms with Crippen LogP contribution in [0.15, 0.2) is 24.5 Å². The number of nitrogens with zero attached hydrogens (tertiary/aromatic N) is 2. The van der Waals surface area contributed by atoms with Crippen LogP contribution in [0, 0.1) is 0 Å². The number of pyridine rings is 1. The molecule has 3 nitrogen and oxygen atoms in total. The minimum Gasteiger partial charge on any atom is -0.354 e. The van der Waals surface area contributed by atoms with Crippen molar-refractivity contribution in [3.63, 3.8) is 0 Å². The van der Waals surface area contributed by atoms with E-state index in [9.17, 15) is 0 Å². The highest BCUT2D eigenvalue weighted by molar-refractivity contribution is 5.46. The molecule has 0 saturated carbocycles. The minimum atomic E-state index is -0.191. The lowest BCUT2D eigenvalue weighted by Crippen LogP contribution is -2.39. The fourth-order valence-electron chi connectivity index (χ4n) is 1.69. The van der Waals surface area contributed by atoms with Gasteiger partial charge in [-0.05, 0) is 26.0 Å². The van der Waals surface area contributed by atoms with E-state index < -0.39 is 0 Å². The Hall–Kier alpha value is -1.09. The molecular weight excluding hydrogens is 164 g/mol. The van der Waals surface area contributed by atoms with Crippen LogP contribution in [0.4, 0.5) is 5.69 Å². The lowest BCUT2D eigenvalue weighted by molar-refractivity contribution is 0.0383. The molecule has 13 heavy (non-hydrogen) atoms. The van der Waals surface area contributed by atoms with Crippen molar-refractivity contribution in [1.82, 2.24) is 4.98 Å². The molecule has 1 aliphatic rings. The van der Waals surface area contributed by atoms with Crippen LogP contribution in [0.5, 0.6) is 0 Å². The van der Waals surface area contributed by atoms with E-state index in [1.807, 2.05) is 12.3 Å². The number of hydrogen-bond acceptors (Lipinski definition) is 3. The molecule has 2 rings (SSSR count). The Morgan fingerprint density at radius 1 is 1.54 bits per heavy atom. The summed E-state index contributed by atoms with van der Waals surface area (Å²) in [6.07, 6.45) is 3.66. The lowest BCUT2D eigenvalue weighted by atomic mass is 10.2. The Bertz CT molecular complexity index is 284. The highest BCUT2D eigenvalue weighted by atomic mass is 16.5. The average Bonchev–Trinajstić information content (AvgIpc) is 2.47. The van der Waals surface area contributed by atoms with Gasteiger partial charge in [0.25, 0.3) is 0 Å². The topological polar surface area (TPSA) is 25.4 Å². The van der Waals surface area contributed by atoms with Gasteiger partial charge in [0.1, 0.15) is 5.72 Å². The van der Waals surface area contributed by atoms with Gasteiger partial charge in [-0.3, -0.25) is 4.98 Å². The molecular formula is C10H14N2O. The molecule has 1 aromatic rings. The molecule has 0 spiro atoms. The molecule has 1 aromatic heterocycles. The van der Waals surface area contributed by atoms with Gasteiger partial charge in [0.15, 0.2) is 0 Å². The molecule has 0 aromatic carbocycles. The van der Waals surface area contributed by atoms with Crippen LogP contribution >= 0.6 is 0 Å². The van der Waals surface area contributed by atoms with Crippen molar-refractivity contribution < 1.29 is 4.74 Å². The number of aromatic nitrogens is 1. The van der Waals surface area contributed by atoms with Crippen molar-refractivity contribution in [3.05, 3.63) is 24.5 Å². The normalized spacial score (nSPS) is 20.6. The molecule has 0 atom stereocenters. The van der Waals surface area contributed by atoms with Crippen molar-refractivity contribution in [2.24, 2.45) is 0 Å². The predicted molar refractivity (Wildman–Crippen MR) is 51.6 cm³/mol. The summed E-state index contributed by atoms with van der Waals surface area (Å²) in [6.45, 7) is 5.89. The van der Waals surface area contributed by atoms with Gasteiger partial charge < -0.3 is 9.64 Å². The van der Waals surface area contributed by atoms with E-state index in [2.05, 4.69) is 29.8 Å². The summed E-state index contributed by atoms with van der Waals surface area (Å²) < 4.78 is 5.61. The van der Waals surface area contributed by atoms with Crippen LogP contribution in [0.1, 0.15) is 13.8 Å². The maximum Gasteiger partial charge on any atom is 0.135 e. The Kier molecular flexibility index (Phi) is 1.96. The lowest BCUT2D eigenvalue weighted by Gasteiger charge is -2.31. The minimum absolute atomic E-state index is 0.191. The van der Waals surface area contributed by atoms with E-state index in [-0.39, 0.29) is 5.72 Å². The molecule has 3 heteroatoms. The van der Waals surface area contributed by atoms with Crippen molar-refractivity contribution in [1.29, 1.82) is 0 Å². The predicted octanol–water partition coefficient (Wildman–Crippen LogP) is 1.65. The number of hydrogen-bond donors (Lipinski definition) is 0. The van der Waals surface area contributed by atoms with E-state index in [1.54, 1.807) is 6.20 Å². The maximum atomic E-state index is 5.61. The second-order valence-corrected chi connectivity index (χ2v) is 3.66. The summed E-state index contributed by atoms with van der Waals surface area (Å²) in [6, 6.07) is 4.01. The standard InChI is InChI=1S/C10H14N2O/c1-10(2)12(6-7-13-10)9-4-3-5-11-8-9/h3-5,8H,6-7H2,1-2H3. The van der Waals surface area contributed by atoms with Gasteiger partial charge in [-0.2, -0.15) is 0 Å². The molecule has 0 aliphatic carbocycles. The number of anilines is 1. The van der Waals surface area contributed by atoms with Crippen LogP contribution in [0.25, 0.3) is 0 Å². The molecule has 0 radical (unpaired) electrons. The summed E-state index contributed by atoms with van der Waals surface area (Å²) in [5.74, 6) is 0. The maximum absolute atomic E-state index is 5.61. The van der Waals surface area contributed by atoms with Crippen LogP contribution in [0.3, 0.4) is 0 Å². The van der Waals surface area contributed by atoms with E-state index in [0.717, 1.165) is 18.8 Å². The second-order valence-electron chi connectivity index (χ2n) is 3.66. The highest BCUT2D eigenvalue weighted by Gasteiger charge is 2.32. The zero-order chi connectivity index (χ0) is 9.31. The Morgan fingerprint density at radius 2 is 2.38 bits per heavy atom. The van der Waals surface area contributed by atoms with Crippen LogP contribution in [0.2, 0.25) is 0 Å². The molecule has 0 unspecified atom stereocenters. The summed E-state index contributed by atoms with van der Waals surface area (Å²) in [5, 5.41) is 0. The summed E-state index contributed by atoms with van der Waals surface area (Å²) in [4.78, 5) is 6.32. The summed E-state index contributed by atoms with van der Waals surface area (Å²) in [5.41, 5.74) is 0.938. The van der Waals surface area contributed by atoms with E-state index in [4.69, 9.17) is 4.74 Å². The molecule has 70 valence electrons. The first kappa shape index (κ1) is 8.51. The van der Waals surface area contributed by atoms with Crippen molar-refractivity contribution in [2.75, 3.05) is 18.1 Å². The van der Waals surface area contributed by atoms with Gasteiger partial charge >= 0.3 is 0 Å². The Morgan fingerprint density at radius 3 is 2.92 bits per heavy atom. The third kappa shape index (κ3) is 1.52. The van der Waals surface area contributed by atoms with E-state index >= 15 is 0 Å². The SMILES string of the molecule is CC1(C)OCCN1c1cccnc1. The monoisotopic (exact) mass is 178 g/mol. The van der Waals surface area contributed by atoms with Crippen molar-refractivity contribution in [3.8, 4) is 0 Å². The fraction of sp³-hybridized carbons (Fsp3) is 0.500. The smallest absolute Gasteiger partial charge is 0.135 e. The zero-order valence-electron chi connectivity index (χ0n) is 8.03. The van der Waals surface area contributed by atoms with Crippen LogP contribution in [-0.4, -0.2) is 23.9 Å². The largest absolute Gasteiger partial charge is 0.354 e. The zero-order valence-corrected chi connectivity index (χ0v) is 8.03. The number of rotatable bonds is 1.